The van der Waals surface area contributed by atoms with Gasteiger partial charge in [0.15, 0.2) is 0 Å². The number of aliphatic hydroxyl groups is 1. The fourth-order valence-corrected chi connectivity index (χ4v) is 1.44. The predicted molar refractivity (Wildman–Crippen MR) is 73.7 cm³/mol. The van der Waals surface area contributed by atoms with Crippen LogP contribution in [0.1, 0.15) is 38.1 Å². The van der Waals surface area contributed by atoms with Crippen LogP contribution in [0.15, 0.2) is 18.2 Å². The molecule has 1 aromatic rings. The second-order valence-electron chi connectivity index (χ2n) is 5.35. The molecule has 0 aromatic heterocycles. The number of hydrogen-bond donors (Lipinski definition) is 3. The van der Waals surface area contributed by atoms with E-state index in [1.807, 2.05) is 0 Å². The van der Waals surface area contributed by atoms with Crippen LogP contribution in [0.4, 0.5) is 5.69 Å². The lowest BCUT2D eigenvalue weighted by atomic mass is 9.85. The van der Waals surface area contributed by atoms with Gasteiger partial charge in [-0.1, -0.05) is 17.7 Å². The second kappa shape index (κ2) is 4.78. The first-order chi connectivity index (χ1) is 8.06. The molecule has 1 aromatic carbocycles. The van der Waals surface area contributed by atoms with Crippen LogP contribution in [0.2, 0.25) is 5.02 Å². The van der Waals surface area contributed by atoms with Crippen LogP contribution in [0.5, 0.6) is 0 Å². The molecule has 0 spiro atoms. The van der Waals surface area contributed by atoms with Crippen LogP contribution in [0, 0.1) is 0 Å². The third-order valence-electron chi connectivity index (χ3n) is 3.23. The Balaban J connectivity index is 3.00. The van der Waals surface area contributed by atoms with E-state index in [4.69, 9.17) is 17.3 Å². The van der Waals surface area contributed by atoms with Crippen molar-refractivity contribution in [3.63, 3.8) is 0 Å². The third-order valence-corrected chi connectivity index (χ3v) is 3.65. The Bertz CT molecular complexity index is 465. The molecule has 0 heterocycles. The van der Waals surface area contributed by atoms with Gasteiger partial charge >= 0.3 is 0 Å². The zero-order chi connectivity index (χ0) is 14.1. The molecular weight excluding hydrogens is 252 g/mol. The highest BCUT2D eigenvalue weighted by Crippen LogP contribution is 2.25. The minimum Gasteiger partial charge on any atom is -0.398 e. The number of benzene rings is 1. The summed E-state index contributed by atoms with van der Waals surface area (Å²) < 4.78 is 0. The molecule has 0 aliphatic heterocycles. The average molecular weight is 271 g/mol. The number of hydrogen-bond acceptors (Lipinski definition) is 3. The van der Waals surface area contributed by atoms with E-state index in [0.29, 0.717) is 11.3 Å². The Morgan fingerprint density at radius 3 is 2.39 bits per heavy atom. The number of amides is 1. The van der Waals surface area contributed by atoms with Crippen LogP contribution in [0.25, 0.3) is 0 Å². The lowest BCUT2D eigenvalue weighted by molar-refractivity contribution is -0.00292. The maximum absolute atomic E-state index is 12.1. The standard InChI is InChI=1S/C13H19ClN2O2/c1-12(2,13(3,4)18)16-11(17)8-6-5-7-9(15)10(8)14/h5-7,18H,15H2,1-4H3,(H,16,17). The molecule has 100 valence electrons. The van der Waals surface area contributed by atoms with E-state index in [-0.39, 0.29) is 10.9 Å². The van der Waals surface area contributed by atoms with Gasteiger partial charge in [0.2, 0.25) is 0 Å². The minimum absolute atomic E-state index is 0.224. The second-order valence-corrected chi connectivity index (χ2v) is 5.72. The Hall–Kier alpha value is -1.26. The van der Waals surface area contributed by atoms with Gasteiger partial charge < -0.3 is 16.2 Å². The molecule has 0 aliphatic carbocycles. The molecule has 0 atom stereocenters. The number of carbonyl (C=O) groups excluding carboxylic acids is 1. The molecule has 0 radical (unpaired) electrons. The Kier molecular flexibility index (Phi) is 3.93. The minimum atomic E-state index is -1.06. The zero-order valence-electron chi connectivity index (χ0n) is 11.0. The van der Waals surface area contributed by atoms with Gasteiger partial charge in [0.1, 0.15) is 0 Å². The molecule has 0 saturated heterocycles. The highest BCUT2D eigenvalue weighted by molar-refractivity contribution is 6.36. The van der Waals surface area contributed by atoms with E-state index in [0.717, 1.165) is 0 Å². The summed E-state index contributed by atoms with van der Waals surface area (Å²) in [5, 5.41) is 13.0. The monoisotopic (exact) mass is 270 g/mol. The summed E-state index contributed by atoms with van der Waals surface area (Å²) in [4.78, 5) is 12.1. The van der Waals surface area contributed by atoms with Crippen molar-refractivity contribution in [3.8, 4) is 0 Å². The molecule has 1 amide bonds. The molecule has 1 rings (SSSR count). The SMILES string of the molecule is CC(C)(O)C(C)(C)NC(=O)c1cccc(N)c1Cl. The molecule has 0 bridgehead atoms. The number of anilines is 1. The van der Waals surface area contributed by atoms with Gasteiger partial charge in [-0.3, -0.25) is 4.79 Å². The average Bonchev–Trinajstić information content (AvgIpc) is 2.19. The number of nitrogens with two attached hydrogens (primary N) is 1. The van der Waals surface area contributed by atoms with Gasteiger partial charge in [-0.05, 0) is 39.8 Å². The summed E-state index contributed by atoms with van der Waals surface area (Å²) in [6.45, 7) is 6.75. The van der Waals surface area contributed by atoms with Crippen LogP contribution in [0.3, 0.4) is 0 Å². The maximum Gasteiger partial charge on any atom is 0.253 e. The summed E-state index contributed by atoms with van der Waals surface area (Å²) in [5.74, 6) is -0.362. The van der Waals surface area contributed by atoms with E-state index in [1.165, 1.54) is 0 Å². The molecule has 0 unspecified atom stereocenters. The van der Waals surface area contributed by atoms with E-state index >= 15 is 0 Å². The van der Waals surface area contributed by atoms with Crippen molar-refractivity contribution in [2.75, 3.05) is 5.73 Å². The number of nitrogens with one attached hydrogen (secondary N) is 1. The van der Waals surface area contributed by atoms with Crippen LogP contribution in [-0.2, 0) is 0 Å². The van der Waals surface area contributed by atoms with Crippen molar-refractivity contribution in [1.82, 2.24) is 5.32 Å². The molecule has 4 nitrogen and oxygen atoms in total. The predicted octanol–water partition coefficient (Wildman–Crippen LogP) is 2.20. The molecule has 4 N–H and O–H groups in total. The van der Waals surface area contributed by atoms with Crippen molar-refractivity contribution < 1.29 is 9.90 Å². The number of carbonyl (C=O) groups is 1. The first-order valence-corrected chi connectivity index (χ1v) is 6.03. The highest BCUT2D eigenvalue weighted by Gasteiger charge is 2.36. The van der Waals surface area contributed by atoms with E-state index < -0.39 is 11.1 Å². The van der Waals surface area contributed by atoms with Crippen molar-refractivity contribution in [2.45, 2.75) is 38.8 Å². The first-order valence-electron chi connectivity index (χ1n) is 5.65. The number of halogens is 1. The Labute approximate surface area is 112 Å². The molecule has 0 aliphatic rings. The fraction of sp³-hybridized carbons (Fsp3) is 0.462. The molecule has 0 saturated carbocycles. The number of nitrogen functional groups attached to an aromatic ring is 1. The molecular formula is C13H19ClN2O2. The van der Waals surface area contributed by atoms with E-state index in [2.05, 4.69) is 5.32 Å². The summed E-state index contributed by atoms with van der Waals surface area (Å²) >= 11 is 5.98. The lowest BCUT2D eigenvalue weighted by Gasteiger charge is -2.38. The quantitative estimate of drug-likeness (QED) is 0.737. The Morgan fingerprint density at radius 2 is 1.89 bits per heavy atom. The van der Waals surface area contributed by atoms with Crippen LogP contribution < -0.4 is 11.1 Å². The van der Waals surface area contributed by atoms with Gasteiger partial charge in [0, 0.05) is 0 Å². The van der Waals surface area contributed by atoms with Gasteiger partial charge in [0.25, 0.3) is 5.91 Å². The maximum atomic E-state index is 12.1. The summed E-state index contributed by atoms with van der Waals surface area (Å²) in [5.41, 5.74) is 4.45. The largest absolute Gasteiger partial charge is 0.398 e. The molecule has 0 fully saturated rings. The lowest BCUT2D eigenvalue weighted by Crippen LogP contribution is -2.57. The first kappa shape index (κ1) is 14.8. The van der Waals surface area contributed by atoms with Crippen molar-refractivity contribution >= 4 is 23.2 Å². The topological polar surface area (TPSA) is 75.3 Å². The highest BCUT2D eigenvalue weighted by atomic mass is 35.5. The fourth-order valence-electron chi connectivity index (χ4n) is 1.23. The van der Waals surface area contributed by atoms with Crippen molar-refractivity contribution in [1.29, 1.82) is 0 Å². The van der Waals surface area contributed by atoms with Gasteiger partial charge in [0.05, 0.1) is 27.4 Å². The normalized spacial score (nSPS) is 12.3. The molecule has 5 heteroatoms. The smallest absolute Gasteiger partial charge is 0.253 e. The number of rotatable bonds is 3. The summed E-state index contributed by atoms with van der Waals surface area (Å²) in [6, 6.07) is 4.88. The van der Waals surface area contributed by atoms with Crippen molar-refractivity contribution in [2.24, 2.45) is 0 Å². The van der Waals surface area contributed by atoms with Gasteiger partial charge in [-0.2, -0.15) is 0 Å². The van der Waals surface area contributed by atoms with Crippen LogP contribution in [-0.4, -0.2) is 22.2 Å². The van der Waals surface area contributed by atoms with E-state index in [9.17, 15) is 9.90 Å². The van der Waals surface area contributed by atoms with Crippen molar-refractivity contribution in [3.05, 3.63) is 28.8 Å². The molecule has 18 heavy (non-hydrogen) atoms. The Morgan fingerprint density at radius 1 is 1.33 bits per heavy atom. The summed E-state index contributed by atoms with van der Waals surface area (Å²) in [6.07, 6.45) is 0. The summed E-state index contributed by atoms with van der Waals surface area (Å²) in [7, 11) is 0. The van der Waals surface area contributed by atoms with Gasteiger partial charge in [-0.25, -0.2) is 0 Å². The van der Waals surface area contributed by atoms with Crippen LogP contribution >= 0.6 is 11.6 Å². The third kappa shape index (κ3) is 2.94. The van der Waals surface area contributed by atoms with Gasteiger partial charge in [-0.15, -0.1) is 0 Å². The zero-order valence-corrected chi connectivity index (χ0v) is 11.8. The van der Waals surface area contributed by atoms with E-state index in [1.54, 1.807) is 45.9 Å².